The van der Waals surface area contributed by atoms with Crippen molar-refractivity contribution in [1.29, 1.82) is 0 Å². The van der Waals surface area contributed by atoms with Gasteiger partial charge in [0.25, 0.3) is 5.91 Å². The SMILES string of the molecule is COc1cccc(C(=O)N[C@@H](C)c2ccc(NC(N)=O)cc2)c1. The number of hydrogen-bond donors (Lipinski definition) is 3. The normalized spacial score (nSPS) is 11.4. The van der Waals surface area contributed by atoms with Gasteiger partial charge in [-0.2, -0.15) is 0 Å². The Morgan fingerprint density at radius 1 is 1.13 bits per heavy atom. The third-order valence-corrected chi connectivity index (χ3v) is 3.36. The molecular formula is C17H19N3O3. The summed E-state index contributed by atoms with van der Waals surface area (Å²) in [4.78, 5) is 23.1. The average molecular weight is 313 g/mol. The van der Waals surface area contributed by atoms with Crippen LogP contribution in [0, 0.1) is 0 Å². The van der Waals surface area contributed by atoms with Gasteiger partial charge in [-0.1, -0.05) is 18.2 Å². The number of amides is 3. The van der Waals surface area contributed by atoms with Gasteiger partial charge in [-0.05, 0) is 42.8 Å². The van der Waals surface area contributed by atoms with E-state index in [1.165, 1.54) is 0 Å². The van der Waals surface area contributed by atoms with E-state index in [0.717, 1.165) is 5.56 Å². The van der Waals surface area contributed by atoms with E-state index in [2.05, 4.69) is 10.6 Å². The fourth-order valence-corrected chi connectivity index (χ4v) is 2.13. The minimum Gasteiger partial charge on any atom is -0.497 e. The number of methoxy groups -OCH3 is 1. The lowest BCUT2D eigenvalue weighted by atomic mass is 10.1. The zero-order valence-corrected chi connectivity index (χ0v) is 13.0. The zero-order chi connectivity index (χ0) is 16.8. The predicted octanol–water partition coefficient (Wildman–Crippen LogP) is 2.68. The summed E-state index contributed by atoms with van der Waals surface area (Å²) < 4.78 is 5.11. The van der Waals surface area contributed by atoms with Crippen LogP contribution in [0.3, 0.4) is 0 Å². The molecule has 2 aromatic carbocycles. The van der Waals surface area contributed by atoms with Crippen molar-refractivity contribution in [2.75, 3.05) is 12.4 Å². The van der Waals surface area contributed by atoms with Crippen LogP contribution in [0.1, 0.15) is 28.9 Å². The van der Waals surface area contributed by atoms with Crippen molar-refractivity contribution in [2.24, 2.45) is 5.73 Å². The van der Waals surface area contributed by atoms with Gasteiger partial charge in [-0.25, -0.2) is 4.79 Å². The number of benzene rings is 2. The number of anilines is 1. The van der Waals surface area contributed by atoms with Crippen LogP contribution < -0.4 is 21.1 Å². The number of rotatable bonds is 5. The van der Waals surface area contributed by atoms with Crippen molar-refractivity contribution < 1.29 is 14.3 Å². The summed E-state index contributed by atoms with van der Waals surface area (Å²) in [5.74, 6) is 0.447. The first-order valence-electron chi connectivity index (χ1n) is 7.11. The summed E-state index contributed by atoms with van der Waals surface area (Å²) in [7, 11) is 1.56. The molecule has 23 heavy (non-hydrogen) atoms. The standard InChI is InChI=1S/C17H19N3O3/c1-11(12-6-8-14(9-7-12)20-17(18)22)19-16(21)13-4-3-5-15(10-13)23-2/h3-11H,1-2H3,(H,19,21)(H3,18,20,22)/t11-/m0/s1. The molecule has 0 fully saturated rings. The Balaban J connectivity index is 2.04. The van der Waals surface area contributed by atoms with Gasteiger partial charge in [0.2, 0.25) is 0 Å². The number of ether oxygens (including phenoxy) is 1. The molecule has 0 heterocycles. The van der Waals surface area contributed by atoms with Crippen LogP contribution in [0.2, 0.25) is 0 Å². The molecule has 0 saturated carbocycles. The number of urea groups is 1. The first kappa shape index (κ1) is 16.4. The minimum absolute atomic E-state index is 0.184. The summed E-state index contributed by atoms with van der Waals surface area (Å²) in [6.45, 7) is 1.88. The van der Waals surface area contributed by atoms with E-state index < -0.39 is 6.03 Å². The Morgan fingerprint density at radius 3 is 2.43 bits per heavy atom. The summed E-state index contributed by atoms with van der Waals surface area (Å²) in [6.07, 6.45) is 0. The summed E-state index contributed by atoms with van der Waals surface area (Å²) >= 11 is 0. The van der Waals surface area contributed by atoms with Gasteiger partial charge in [-0.15, -0.1) is 0 Å². The zero-order valence-electron chi connectivity index (χ0n) is 13.0. The van der Waals surface area contributed by atoms with Crippen LogP contribution in [0.5, 0.6) is 5.75 Å². The van der Waals surface area contributed by atoms with Gasteiger partial charge in [0.15, 0.2) is 0 Å². The molecule has 0 aliphatic heterocycles. The fourth-order valence-electron chi connectivity index (χ4n) is 2.13. The molecule has 120 valence electrons. The Hall–Kier alpha value is -3.02. The second kappa shape index (κ2) is 7.31. The number of carbonyl (C=O) groups is 2. The molecule has 1 atom stereocenters. The van der Waals surface area contributed by atoms with Crippen LogP contribution in [-0.4, -0.2) is 19.0 Å². The molecule has 0 aliphatic carbocycles. The lowest BCUT2D eigenvalue weighted by Gasteiger charge is -2.15. The quantitative estimate of drug-likeness (QED) is 0.792. The highest BCUT2D eigenvalue weighted by Gasteiger charge is 2.12. The fraction of sp³-hybridized carbons (Fsp3) is 0.176. The number of primary amides is 1. The van der Waals surface area contributed by atoms with Gasteiger partial charge in [0.1, 0.15) is 5.75 Å². The third-order valence-electron chi connectivity index (χ3n) is 3.36. The van der Waals surface area contributed by atoms with E-state index in [4.69, 9.17) is 10.5 Å². The van der Waals surface area contributed by atoms with E-state index in [9.17, 15) is 9.59 Å². The maximum atomic E-state index is 12.3. The van der Waals surface area contributed by atoms with Gasteiger partial charge in [0, 0.05) is 11.3 Å². The topological polar surface area (TPSA) is 93.4 Å². The van der Waals surface area contributed by atoms with Gasteiger partial charge < -0.3 is 21.1 Å². The lowest BCUT2D eigenvalue weighted by molar-refractivity contribution is 0.0939. The van der Waals surface area contributed by atoms with E-state index in [1.54, 1.807) is 43.5 Å². The first-order valence-corrected chi connectivity index (χ1v) is 7.11. The molecule has 0 radical (unpaired) electrons. The molecule has 2 aromatic rings. The highest BCUT2D eigenvalue weighted by atomic mass is 16.5. The summed E-state index contributed by atoms with van der Waals surface area (Å²) in [6, 6.07) is 13.3. The van der Waals surface area contributed by atoms with Gasteiger partial charge in [-0.3, -0.25) is 4.79 Å². The van der Waals surface area contributed by atoms with E-state index in [1.807, 2.05) is 19.1 Å². The maximum Gasteiger partial charge on any atom is 0.316 e. The molecular weight excluding hydrogens is 294 g/mol. The molecule has 0 spiro atoms. The highest BCUT2D eigenvalue weighted by Crippen LogP contribution is 2.18. The highest BCUT2D eigenvalue weighted by molar-refractivity contribution is 5.94. The van der Waals surface area contributed by atoms with Crippen molar-refractivity contribution in [1.82, 2.24) is 5.32 Å². The van der Waals surface area contributed by atoms with Crippen molar-refractivity contribution >= 4 is 17.6 Å². The molecule has 3 amide bonds. The number of nitrogens with one attached hydrogen (secondary N) is 2. The van der Waals surface area contributed by atoms with Crippen molar-refractivity contribution in [2.45, 2.75) is 13.0 Å². The lowest BCUT2D eigenvalue weighted by Crippen LogP contribution is -2.26. The Morgan fingerprint density at radius 2 is 1.83 bits per heavy atom. The van der Waals surface area contributed by atoms with Crippen LogP contribution in [0.15, 0.2) is 48.5 Å². The number of carbonyl (C=O) groups excluding carboxylic acids is 2. The summed E-state index contributed by atoms with van der Waals surface area (Å²) in [5, 5.41) is 5.41. The molecule has 0 unspecified atom stereocenters. The van der Waals surface area contributed by atoms with E-state index in [-0.39, 0.29) is 11.9 Å². The minimum atomic E-state index is -0.614. The third kappa shape index (κ3) is 4.47. The van der Waals surface area contributed by atoms with Gasteiger partial charge >= 0.3 is 6.03 Å². The maximum absolute atomic E-state index is 12.3. The largest absolute Gasteiger partial charge is 0.497 e. The molecule has 0 aromatic heterocycles. The molecule has 6 heteroatoms. The van der Waals surface area contributed by atoms with Crippen molar-refractivity contribution in [3.8, 4) is 5.75 Å². The van der Waals surface area contributed by atoms with Gasteiger partial charge in [0.05, 0.1) is 13.2 Å². The van der Waals surface area contributed by atoms with Crippen molar-refractivity contribution in [3.63, 3.8) is 0 Å². The van der Waals surface area contributed by atoms with Crippen LogP contribution in [0.4, 0.5) is 10.5 Å². The van der Waals surface area contributed by atoms with Crippen LogP contribution >= 0.6 is 0 Å². The Labute approximate surface area is 134 Å². The van der Waals surface area contributed by atoms with Crippen LogP contribution in [-0.2, 0) is 0 Å². The number of hydrogen-bond acceptors (Lipinski definition) is 3. The number of nitrogens with two attached hydrogens (primary N) is 1. The predicted molar refractivity (Wildman–Crippen MR) is 88.5 cm³/mol. The molecule has 6 nitrogen and oxygen atoms in total. The molecule has 0 saturated heterocycles. The second-order valence-corrected chi connectivity index (χ2v) is 5.04. The van der Waals surface area contributed by atoms with Crippen LogP contribution in [0.25, 0.3) is 0 Å². The molecule has 4 N–H and O–H groups in total. The van der Waals surface area contributed by atoms with Crippen molar-refractivity contribution in [3.05, 3.63) is 59.7 Å². The van der Waals surface area contributed by atoms with E-state index in [0.29, 0.717) is 17.0 Å². The monoisotopic (exact) mass is 313 g/mol. The Bertz CT molecular complexity index is 698. The summed E-state index contributed by atoms with van der Waals surface area (Å²) in [5.41, 5.74) is 7.11. The Kier molecular flexibility index (Phi) is 5.19. The smallest absolute Gasteiger partial charge is 0.316 e. The van der Waals surface area contributed by atoms with E-state index >= 15 is 0 Å². The average Bonchev–Trinajstić information content (AvgIpc) is 2.55. The molecule has 0 aliphatic rings. The molecule has 2 rings (SSSR count). The molecule has 0 bridgehead atoms. The first-order chi connectivity index (χ1) is 11.0. The second-order valence-electron chi connectivity index (χ2n) is 5.04.